The Morgan fingerprint density at radius 1 is 1.18 bits per heavy atom. The first kappa shape index (κ1) is 18.6. The maximum atomic E-state index is 13.1. The molecule has 28 heavy (non-hydrogen) atoms. The summed E-state index contributed by atoms with van der Waals surface area (Å²) in [5.41, 5.74) is 3.70. The van der Waals surface area contributed by atoms with Crippen LogP contribution in [0.3, 0.4) is 0 Å². The van der Waals surface area contributed by atoms with Gasteiger partial charge in [0.05, 0.1) is 12.8 Å². The number of halogens is 1. The number of ether oxygens (including phenoxy) is 1. The van der Waals surface area contributed by atoms with Crippen molar-refractivity contribution in [3.63, 3.8) is 0 Å². The SMILES string of the molecule is COc1ccc(C)cc1-n1nnnc1SCc1csc(-c2ccc(F)cc2)n1. The number of aromatic nitrogens is 5. The summed E-state index contributed by atoms with van der Waals surface area (Å²) in [5.74, 6) is 1.06. The molecular weight excluding hydrogens is 397 g/mol. The predicted octanol–water partition coefficient (Wildman–Crippen LogP) is 4.53. The van der Waals surface area contributed by atoms with Gasteiger partial charge in [-0.3, -0.25) is 0 Å². The fourth-order valence-corrected chi connectivity index (χ4v) is 4.33. The van der Waals surface area contributed by atoms with Crippen LogP contribution in [0.4, 0.5) is 4.39 Å². The van der Waals surface area contributed by atoms with E-state index in [0.29, 0.717) is 16.7 Å². The van der Waals surface area contributed by atoms with Gasteiger partial charge in [-0.05, 0) is 59.3 Å². The molecule has 4 aromatic rings. The number of nitrogens with zero attached hydrogens (tertiary/aromatic N) is 5. The summed E-state index contributed by atoms with van der Waals surface area (Å²) in [5, 5.41) is 15.6. The summed E-state index contributed by atoms with van der Waals surface area (Å²) in [6, 6.07) is 12.2. The van der Waals surface area contributed by atoms with Crippen molar-refractivity contribution in [2.45, 2.75) is 17.8 Å². The molecule has 0 spiro atoms. The first-order valence-corrected chi connectivity index (χ1v) is 10.3. The standard InChI is InChI=1S/C19H16FN5OS2/c1-12-3-8-17(26-2)16(9-12)25-19(22-23-24-25)28-11-15-10-27-18(21-15)13-4-6-14(20)7-5-13/h3-10H,11H2,1-2H3. The molecule has 0 aliphatic rings. The molecule has 0 amide bonds. The van der Waals surface area contributed by atoms with Crippen molar-refractivity contribution < 1.29 is 9.13 Å². The van der Waals surface area contributed by atoms with Crippen LogP contribution in [0.2, 0.25) is 0 Å². The van der Waals surface area contributed by atoms with E-state index in [4.69, 9.17) is 4.74 Å². The molecule has 0 bridgehead atoms. The van der Waals surface area contributed by atoms with Crippen LogP contribution < -0.4 is 4.74 Å². The summed E-state index contributed by atoms with van der Waals surface area (Å²) in [6.45, 7) is 2.01. The molecule has 0 N–H and O–H groups in total. The van der Waals surface area contributed by atoms with Gasteiger partial charge >= 0.3 is 0 Å². The molecule has 0 saturated carbocycles. The van der Waals surface area contributed by atoms with E-state index in [1.807, 2.05) is 30.5 Å². The molecule has 9 heteroatoms. The number of hydrogen-bond donors (Lipinski definition) is 0. The highest BCUT2D eigenvalue weighted by molar-refractivity contribution is 7.98. The lowest BCUT2D eigenvalue weighted by atomic mass is 10.2. The minimum absolute atomic E-state index is 0.255. The van der Waals surface area contributed by atoms with Crippen LogP contribution in [0.1, 0.15) is 11.3 Å². The zero-order chi connectivity index (χ0) is 19.5. The number of thioether (sulfide) groups is 1. The fraction of sp³-hybridized carbons (Fsp3) is 0.158. The Bertz CT molecular complexity index is 1090. The number of hydrogen-bond acceptors (Lipinski definition) is 7. The first-order valence-electron chi connectivity index (χ1n) is 8.40. The number of benzene rings is 2. The topological polar surface area (TPSA) is 65.7 Å². The van der Waals surface area contributed by atoms with E-state index in [9.17, 15) is 4.39 Å². The quantitative estimate of drug-likeness (QED) is 0.433. The molecule has 2 aromatic carbocycles. The Hall–Kier alpha value is -2.78. The summed E-state index contributed by atoms with van der Waals surface area (Å²) in [4.78, 5) is 4.63. The summed E-state index contributed by atoms with van der Waals surface area (Å²) in [6.07, 6.45) is 0. The van der Waals surface area contributed by atoms with Crippen molar-refractivity contribution in [2.24, 2.45) is 0 Å². The van der Waals surface area contributed by atoms with Gasteiger partial charge in [0.1, 0.15) is 22.3 Å². The van der Waals surface area contributed by atoms with Crippen LogP contribution in [0.5, 0.6) is 5.75 Å². The normalized spacial score (nSPS) is 11.0. The largest absolute Gasteiger partial charge is 0.494 e. The molecule has 142 valence electrons. The van der Waals surface area contributed by atoms with Crippen LogP contribution >= 0.6 is 23.1 Å². The van der Waals surface area contributed by atoms with Crippen LogP contribution in [-0.4, -0.2) is 32.3 Å². The Kier molecular flexibility index (Phi) is 5.36. The average molecular weight is 414 g/mol. The van der Waals surface area contributed by atoms with E-state index in [-0.39, 0.29) is 5.82 Å². The van der Waals surface area contributed by atoms with Gasteiger partial charge in [-0.15, -0.1) is 16.4 Å². The van der Waals surface area contributed by atoms with E-state index in [0.717, 1.165) is 27.5 Å². The Balaban J connectivity index is 1.52. The van der Waals surface area contributed by atoms with Crippen molar-refractivity contribution >= 4 is 23.1 Å². The van der Waals surface area contributed by atoms with Crippen molar-refractivity contribution in [1.29, 1.82) is 0 Å². The third-order valence-corrected chi connectivity index (χ3v) is 5.89. The average Bonchev–Trinajstić information content (AvgIpc) is 3.36. The maximum Gasteiger partial charge on any atom is 0.214 e. The summed E-state index contributed by atoms with van der Waals surface area (Å²) >= 11 is 3.02. The summed E-state index contributed by atoms with van der Waals surface area (Å²) < 4.78 is 20.2. The summed E-state index contributed by atoms with van der Waals surface area (Å²) in [7, 11) is 1.62. The van der Waals surface area contributed by atoms with E-state index in [1.54, 1.807) is 23.9 Å². The lowest BCUT2D eigenvalue weighted by Gasteiger charge is -2.10. The molecule has 0 aliphatic carbocycles. The second-order valence-corrected chi connectivity index (χ2v) is 7.79. The smallest absolute Gasteiger partial charge is 0.214 e. The van der Waals surface area contributed by atoms with Crippen LogP contribution in [0.25, 0.3) is 16.3 Å². The van der Waals surface area contributed by atoms with Crippen LogP contribution in [0.15, 0.2) is 53.0 Å². The van der Waals surface area contributed by atoms with Gasteiger partial charge in [-0.25, -0.2) is 9.37 Å². The second kappa shape index (κ2) is 8.07. The third kappa shape index (κ3) is 3.90. The minimum atomic E-state index is -0.255. The van der Waals surface area contributed by atoms with Gasteiger partial charge in [0.15, 0.2) is 0 Å². The molecule has 2 aromatic heterocycles. The lowest BCUT2D eigenvalue weighted by molar-refractivity contribution is 0.410. The van der Waals surface area contributed by atoms with Gasteiger partial charge in [0, 0.05) is 16.7 Å². The zero-order valence-corrected chi connectivity index (χ0v) is 16.8. The van der Waals surface area contributed by atoms with E-state index in [2.05, 4.69) is 20.5 Å². The van der Waals surface area contributed by atoms with Gasteiger partial charge in [-0.2, -0.15) is 4.68 Å². The van der Waals surface area contributed by atoms with E-state index in [1.165, 1.54) is 35.2 Å². The fourth-order valence-electron chi connectivity index (χ4n) is 2.62. The Morgan fingerprint density at radius 3 is 2.79 bits per heavy atom. The monoisotopic (exact) mass is 413 g/mol. The van der Waals surface area contributed by atoms with Gasteiger partial charge in [0.2, 0.25) is 5.16 Å². The Labute approximate surface area is 169 Å². The predicted molar refractivity (Wildman–Crippen MR) is 108 cm³/mol. The van der Waals surface area contributed by atoms with Gasteiger partial charge in [0.25, 0.3) is 0 Å². The van der Waals surface area contributed by atoms with Crippen molar-refractivity contribution in [2.75, 3.05) is 7.11 Å². The number of rotatable bonds is 6. The molecule has 0 fully saturated rings. The first-order chi connectivity index (χ1) is 13.6. The Morgan fingerprint density at radius 2 is 2.00 bits per heavy atom. The molecule has 2 heterocycles. The highest BCUT2D eigenvalue weighted by atomic mass is 32.2. The molecule has 0 unspecified atom stereocenters. The lowest BCUT2D eigenvalue weighted by Crippen LogP contribution is -2.02. The zero-order valence-electron chi connectivity index (χ0n) is 15.2. The number of aryl methyl sites for hydroxylation is 1. The van der Waals surface area contributed by atoms with Gasteiger partial charge < -0.3 is 4.74 Å². The highest BCUT2D eigenvalue weighted by Crippen LogP contribution is 2.30. The maximum absolute atomic E-state index is 13.1. The number of tetrazole rings is 1. The number of methoxy groups -OCH3 is 1. The van der Waals surface area contributed by atoms with E-state index < -0.39 is 0 Å². The van der Waals surface area contributed by atoms with Crippen LogP contribution in [-0.2, 0) is 5.75 Å². The van der Waals surface area contributed by atoms with Crippen molar-refractivity contribution in [3.8, 4) is 22.0 Å². The van der Waals surface area contributed by atoms with Crippen molar-refractivity contribution in [1.82, 2.24) is 25.2 Å². The molecule has 0 atom stereocenters. The van der Waals surface area contributed by atoms with Crippen molar-refractivity contribution in [3.05, 3.63) is 64.9 Å². The molecule has 6 nitrogen and oxygen atoms in total. The molecule has 0 radical (unpaired) electrons. The highest BCUT2D eigenvalue weighted by Gasteiger charge is 2.15. The number of thiazole rings is 1. The molecular formula is C19H16FN5OS2. The minimum Gasteiger partial charge on any atom is -0.494 e. The second-order valence-electron chi connectivity index (χ2n) is 5.99. The molecule has 0 aliphatic heterocycles. The van der Waals surface area contributed by atoms with Gasteiger partial charge in [-0.1, -0.05) is 17.8 Å². The molecule has 0 saturated heterocycles. The third-order valence-electron chi connectivity index (χ3n) is 4.00. The molecule has 4 rings (SSSR count). The van der Waals surface area contributed by atoms with E-state index >= 15 is 0 Å². The van der Waals surface area contributed by atoms with Crippen LogP contribution in [0, 0.1) is 12.7 Å².